The lowest BCUT2D eigenvalue weighted by molar-refractivity contribution is 0.194. The Labute approximate surface area is 162 Å². The van der Waals surface area contributed by atoms with E-state index in [-0.39, 0.29) is 12.4 Å². The highest BCUT2D eigenvalue weighted by Crippen LogP contribution is 2.40. The van der Waals surface area contributed by atoms with E-state index in [4.69, 9.17) is 21.1 Å². The van der Waals surface area contributed by atoms with Crippen LogP contribution in [0.4, 0.5) is 0 Å². The van der Waals surface area contributed by atoms with Crippen molar-refractivity contribution in [1.82, 2.24) is 10.2 Å². The summed E-state index contributed by atoms with van der Waals surface area (Å²) < 4.78 is 11.2. The second-order valence-electron chi connectivity index (χ2n) is 7.17. The third-order valence-corrected chi connectivity index (χ3v) is 5.61. The molecule has 2 fully saturated rings. The molecule has 0 aromatic heterocycles. The van der Waals surface area contributed by atoms with Gasteiger partial charge >= 0.3 is 0 Å². The van der Waals surface area contributed by atoms with Gasteiger partial charge in [0, 0.05) is 13.1 Å². The quantitative estimate of drug-likeness (QED) is 0.793. The van der Waals surface area contributed by atoms with Gasteiger partial charge in [-0.25, -0.2) is 0 Å². The number of piperidine rings is 1. The monoisotopic (exact) mass is 388 g/mol. The lowest BCUT2D eigenvalue weighted by atomic mass is 9.78. The molecule has 25 heavy (non-hydrogen) atoms. The Morgan fingerprint density at radius 3 is 2.68 bits per heavy atom. The summed E-state index contributed by atoms with van der Waals surface area (Å²) in [6, 6.07) is 4.10. The number of ether oxygens (including phenoxy) is 2. The predicted octanol–water partition coefficient (Wildman–Crippen LogP) is 4.13. The SMILES string of the molecule is CCCOc1c(Cl)cc(CN2CCC3(CCNCC3)C2)cc1OC.Cl. The van der Waals surface area contributed by atoms with E-state index in [1.807, 2.05) is 6.07 Å². The molecule has 0 unspecified atom stereocenters. The van der Waals surface area contributed by atoms with Gasteiger partial charge in [-0.3, -0.25) is 4.90 Å². The molecule has 0 amide bonds. The number of nitrogens with zero attached hydrogens (tertiary/aromatic N) is 1. The first kappa shape index (κ1) is 20.6. The van der Waals surface area contributed by atoms with E-state index in [1.165, 1.54) is 37.9 Å². The van der Waals surface area contributed by atoms with Crippen molar-refractivity contribution in [3.05, 3.63) is 22.7 Å². The van der Waals surface area contributed by atoms with E-state index in [0.717, 1.165) is 31.8 Å². The van der Waals surface area contributed by atoms with Crippen LogP contribution in [0.25, 0.3) is 0 Å². The van der Waals surface area contributed by atoms with Gasteiger partial charge in [-0.15, -0.1) is 12.4 Å². The third kappa shape index (κ3) is 4.94. The minimum Gasteiger partial charge on any atom is -0.493 e. The Morgan fingerprint density at radius 1 is 1.24 bits per heavy atom. The van der Waals surface area contributed by atoms with Gasteiger partial charge in [0.05, 0.1) is 18.7 Å². The summed E-state index contributed by atoms with van der Waals surface area (Å²) in [6.07, 6.45) is 4.87. The number of benzene rings is 1. The molecule has 2 aliphatic heterocycles. The summed E-state index contributed by atoms with van der Waals surface area (Å²) in [6.45, 7) is 8.36. The minimum absolute atomic E-state index is 0. The van der Waals surface area contributed by atoms with Crippen LogP contribution >= 0.6 is 24.0 Å². The third-order valence-electron chi connectivity index (χ3n) is 5.33. The molecule has 2 saturated heterocycles. The van der Waals surface area contributed by atoms with Gasteiger partial charge in [0.15, 0.2) is 11.5 Å². The van der Waals surface area contributed by atoms with Crippen molar-refractivity contribution in [2.45, 2.75) is 39.2 Å². The molecule has 0 saturated carbocycles. The summed E-state index contributed by atoms with van der Waals surface area (Å²) in [5.41, 5.74) is 1.73. The molecule has 2 aliphatic rings. The molecule has 4 nitrogen and oxygen atoms in total. The van der Waals surface area contributed by atoms with Gasteiger partial charge in [0.1, 0.15) is 0 Å². The normalized spacial score (nSPS) is 19.6. The van der Waals surface area contributed by atoms with Gasteiger partial charge < -0.3 is 14.8 Å². The average Bonchev–Trinajstić information content (AvgIpc) is 2.96. The highest BCUT2D eigenvalue weighted by molar-refractivity contribution is 6.32. The number of nitrogens with one attached hydrogen (secondary N) is 1. The smallest absolute Gasteiger partial charge is 0.179 e. The molecular formula is C19H30Cl2N2O2. The van der Waals surface area contributed by atoms with Crippen LogP contribution in [0, 0.1) is 5.41 Å². The van der Waals surface area contributed by atoms with Gasteiger partial charge in [-0.2, -0.15) is 0 Å². The van der Waals surface area contributed by atoms with Gasteiger partial charge in [-0.05, 0) is 68.4 Å². The van der Waals surface area contributed by atoms with Crippen molar-refractivity contribution < 1.29 is 9.47 Å². The summed E-state index contributed by atoms with van der Waals surface area (Å²) in [5, 5.41) is 4.13. The Bertz CT molecular complexity index is 563. The van der Waals surface area contributed by atoms with Gasteiger partial charge in [-0.1, -0.05) is 18.5 Å². The Morgan fingerprint density at radius 2 is 2.00 bits per heavy atom. The van der Waals surface area contributed by atoms with E-state index < -0.39 is 0 Å². The van der Waals surface area contributed by atoms with Gasteiger partial charge in [0.25, 0.3) is 0 Å². The van der Waals surface area contributed by atoms with Crippen molar-refractivity contribution in [2.75, 3.05) is 39.9 Å². The summed E-state index contributed by atoms with van der Waals surface area (Å²) >= 11 is 6.44. The first-order valence-corrected chi connectivity index (χ1v) is 9.46. The molecule has 3 rings (SSSR count). The van der Waals surface area contributed by atoms with Crippen LogP contribution in [-0.4, -0.2) is 44.8 Å². The molecule has 1 aromatic rings. The number of halogens is 2. The first-order valence-electron chi connectivity index (χ1n) is 9.08. The standard InChI is InChI=1S/C19H29ClN2O2.ClH/c1-3-10-24-18-16(20)11-15(12-17(18)23-2)13-22-9-6-19(14-22)4-7-21-8-5-19;/h11-12,21H,3-10,13-14H2,1-2H3;1H. The summed E-state index contributed by atoms with van der Waals surface area (Å²) in [7, 11) is 1.67. The number of likely N-dealkylation sites (tertiary alicyclic amines) is 1. The highest BCUT2D eigenvalue weighted by atomic mass is 35.5. The molecule has 1 aromatic carbocycles. The van der Waals surface area contributed by atoms with E-state index in [1.54, 1.807) is 7.11 Å². The largest absolute Gasteiger partial charge is 0.493 e. The summed E-state index contributed by atoms with van der Waals surface area (Å²) in [4.78, 5) is 2.56. The molecule has 0 radical (unpaired) electrons. The molecule has 142 valence electrons. The Kier molecular flexibility index (Phi) is 7.68. The lowest BCUT2D eigenvalue weighted by Gasteiger charge is -2.34. The van der Waals surface area contributed by atoms with Crippen molar-refractivity contribution in [3.63, 3.8) is 0 Å². The minimum atomic E-state index is 0. The zero-order chi connectivity index (χ0) is 17.0. The van der Waals surface area contributed by atoms with Crippen LogP contribution in [0.2, 0.25) is 5.02 Å². The maximum atomic E-state index is 6.44. The van der Waals surface area contributed by atoms with E-state index in [9.17, 15) is 0 Å². The van der Waals surface area contributed by atoms with Crippen LogP contribution in [-0.2, 0) is 6.54 Å². The predicted molar refractivity (Wildman–Crippen MR) is 105 cm³/mol. The zero-order valence-electron chi connectivity index (χ0n) is 15.3. The second kappa shape index (κ2) is 9.31. The van der Waals surface area contributed by atoms with Crippen LogP contribution in [0.15, 0.2) is 12.1 Å². The highest BCUT2D eigenvalue weighted by Gasteiger charge is 2.38. The number of methoxy groups -OCH3 is 1. The fourth-order valence-corrected chi connectivity index (χ4v) is 4.28. The van der Waals surface area contributed by atoms with Crippen LogP contribution in [0.5, 0.6) is 11.5 Å². The topological polar surface area (TPSA) is 33.7 Å². The maximum Gasteiger partial charge on any atom is 0.179 e. The van der Waals surface area contributed by atoms with E-state index in [2.05, 4.69) is 23.2 Å². The van der Waals surface area contributed by atoms with Crippen LogP contribution in [0.1, 0.15) is 38.2 Å². The number of hydrogen-bond donors (Lipinski definition) is 1. The van der Waals surface area contributed by atoms with Crippen LogP contribution < -0.4 is 14.8 Å². The fraction of sp³-hybridized carbons (Fsp3) is 0.684. The molecule has 0 atom stereocenters. The molecule has 2 heterocycles. The molecule has 0 bridgehead atoms. The van der Waals surface area contributed by atoms with Gasteiger partial charge in [0.2, 0.25) is 0 Å². The molecular weight excluding hydrogens is 359 g/mol. The second-order valence-corrected chi connectivity index (χ2v) is 7.58. The van der Waals surface area contributed by atoms with E-state index >= 15 is 0 Å². The van der Waals surface area contributed by atoms with Crippen molar-refractivity contribution in [2.24, 2.45) is 5.41 Å². The maximum absolute atomic E-state index is 6.44. The van der Waals surface area contributed by atoms with Crippen molar-refractivity contribution in [1.29, 1.82) is 0 Å². The van der Waals surface area contributed by atoms with Crippen molar-refractivity contribution >= 4 is 24.0 Å². The molecule has 6 heteroatoms. The van der Waals surface area contributed by atoms with E-state index in [0.29, 0.717) is 22.8 Å². The van der Waals surface area contributed by atoms with Crippen LogP contribution in [0.3, 0.4) is 0 Å². The Balaban J connectivity index is 0.00000225. The number of hydrogen-bond acceptors (Lipinski definition) is 4. The first-order chi connectivity index (χ1) is 11.7. The Hall–Kier alpha value is -0.680. The fourth-order valence-electron chi connectivity index (χ4n) is 3.99. The average molecular weight is 389 g/mol. The lowest BCUT2D eigenvalue weighted by Crippen LogP contribution is -2.38. The molecule has 1 spiro atoms. The molecule has 1 N–H and O–H groups in total. The molecule has 0 aliphatic carbocycles. The van der Waals surface area contributed by atoms with Crippen molar-refractivity contribution in [3.8, 4) is 11.5 Å². The summed E-state index contributed by atoms with van der Waals surface area (Å²) in [5.74, 6) is 1.41. The number of rotatable bonds is 6. The zero-order valence-corrected chi connectivity index (χ0v) is 16.8.